The van der Waals surface area contributed by atoms with Crippen LogP contribution in [0.3, 0.4) is 0 Å². The van der Waals surface area contributed by atoms with Crippen molar-refractivity contribution in [1.29, 1.82) is 0 Å². The first kappa shape index (κ1) is 15.4. The van der Waals surface area contributed by atoms with E-state index in [1.165, 1.54) is 0 Å². The van der Waals surface area contributed by atoms with Gasteiger partial charge in [0.25, 0.3) is 0 Å². The Morgan fingerprint density at radius 1 is 1.31 bits per heavy atom. The van der Waals surface area contributed by atoms with Crippen LogP contribution in [0.15, 0.2) is 0 Å². The van der Waals surface area contributed by atoms with Gasteiger partial charge in [0, 0.05) is 6.54 Å². The maximum Gasteiger partial charge on any atom is 0.237 e. The molecule has 96 valence electrons. The average molecular weight is 230 g/mol. The third-order valence-corrected chi connectivity index (χ3v) is 3.10. The van der Waals surface area contributed by atoms with Crippen LogP contribution in [0.25, 0.3) is 0 Å². The fraction of sp³-hybridized carbons (Fsp3) is 0.917. The van der Waals surface area contributed by atoms with Gasteiger partial charge in [-0.3, -0.25) is 9.69 Å². The predicted molar refractivity (Wildman–Crippen MR) is 66.2 cm³/mol. The summed E-state index contributed by atoms with van der Waals surface area (Å²) in [5, 5.41) is 12.5. The van der Waals surface area contributed by atoms with E-state index in [2.05, 4.69) is 5.32 Å². The number of hydrogen-bond acceptors (Lipinski definition) is 3. The van der Waals surface area contributed by atoms with E-state index in [1.54, 1.807) is 0 Å². The van der Waals surface area contributed by atoms with Gasteiger partial charge in [-0.25, -0.2) is 0 Å². The first-order valence-electron chi connectivity index (χ1n) is 6.06. The molecule has 0 spiro atoms. The van der Waals surface area contributed by atoms with Crippen molar-refractivity contribution in [3.05, 3.63) is 0 Å². The van der Waals surface area contributed by atoms with Crippen LogP contribution in [0.1, 0.15) is 33.6 Å². The quantitative estimate of drug-likeness (QED) is 0.682. The van der Waals surface area contributed by atoms with Gasteiger partial charge in [0.05, 0.1) is 12.1 Å². The second kappa shape index (κ2) is 7.63. The Hall–Kier alpha value is -0.610. The summed E-state index contributed by atoms with van der Waals surface area (Å²) in [6.07, 6.45) is 1.24. The molecule has 0 saturated carbocycles. The Balaban J connectivity index is 4.05. The Kier molecular flexibility index (Phi) is 7.34. The number of rotatable bonds is 7. The van der Waals surface area contributed by atoms with E-state index in [0.29, 0.717) is 6.54 Å². The highest BCUT2D eigenvalue weighted by Crippen LogP contribution is 2.06. The van der Waals surface area contributed by atoms with Gasteiger partial charge in [0.15, 0.2) is 0 Å². The zero-order chi connectivity index (χ0) is 12.7. The summed E-state index contributed by atoms with van der Waals surface area (Å²) < 4.78 is 0. The van der Waals surface area contributed by atoms with Crippen molar-refractivity contribution < 1.29 is 9.90 Å². The normalized spacial score (nSPS) is 16.9. The topological polar surface area (TPSA) is 52.6 Å². The number of nitrogens with zero attached hydrogens (tertiary/aromatic N) is 1. The third-order valence-electron chi connectivity index (χ3n) is 3.10. The number of hydrogen-bond donors (Lipinski definition) is 2. The van der Waals surface area contributed by atoms with Gasteiger partial charge in [-0.15, -0.1) is 0 Å². The van der Waals surface area contributed by atoms with Crippen molar-refractivity contribution in [1.82, 2.24) is 10.2 Å². The maximum absolute atomic E-state index is 11.8. The lowest BCUT2D eigenvalue weighted by Gasteiger charge is -2.24. The zero-order valence-corrected chi connectivity index (χ0v) is 11.2. The van der Waals surface area contributed by atoms with E-state index in [1.807, 2.05) is 39.8 Å². The number of amides is 1. The van der Waals surface area contributed by atoms with Crippen LogP contribution in [0.2, 0.25) is 0 Å². The standard InChI is InChI=1S/C12H26N2O2/c1-6-9(3)11(15)8-13-12(16)10(7-2)14(4)5/h9-11,15H,6-8H2,1-5H3,(H,13,16). The molecule has 16 heavy (non-hydrogen) atoms. The predicted octanol–water partition coefficient (Wildman–Crippen LogP) is 0.850. The molecule has 0 aromatic rings. The van der Waals surface area contributed by atoms with Crippen molar-refractivity contribution in [2.75, 3.05) is 20.6 Å². The van der Waals surface area contributed by atoms with Crippen LogP contribution in [0, 0.1) is 5.92 Å². The van der Waals surface area contributed by atoms with Gasteiger partial charge in [0.1, 0.15) is 0 Å². The highest BCUT2D eigenvalue weighted by molar-refractivity contribution is 5.81. The van der Waals surface area contributed by atoms with Crippen molar-refractivity contribution in [3.8, 4) is 0 Å². The molecule has 0 aliphatic heterocycles. The van der Waals surface area contributed by atoms with Crippen LogP contribution in [0.5, 0.6) is 0 Å². The molecule has 0 aromatic carbocycles. The van der Waals surface area contributed by atoms with E-state index in [-0.39, 0.29) is 17.9 Å². The Morgan fingerprint density at radius 2 is 1.88 bits per heavy atom. The first-order chi connectivity index (χ1) is 7.43. The molecular weight excluding hydrogens is 204 g/mol. The van der Waals surface area contributed by atoms with Gasteiger partial charge in [0.2, 0.25) is 5.91 Å². The van der Waals surface area contributed by atoms with Gasteiger partial charge in [-0.1, -0.05) is 27.2 Å². The molecule has 4 nitrogen and oxygen atoms in total. The first-order valence-corrected chi connectivity index (χ1v) is 6.06. The van der Waals surface area contributed by atoms with Crippen molar-refractivity contribution in [2.45, 2.75) is 45.8 Å². The van der Waals surface area contributed by atoms with Gasteiger partial charge in [-0.2, -0.15) is 0 Å². The summed E-state index contributed by atoms with van der Waals surface area (Å²) in [6, 6.07) is -0.107. The summed E-state index contributed by atoms with van der Waals surface area (Å²) in [7, 11) is 3.78. The summed E-state index contributed by atoms with van der Waals surface area (Å²) in [4.78, 5) is 13.7. The number of carbonyl (C=O) groups is 1. The molecule has 0 fully saturated rings. The fourth-order valence-electron chi connectivity index (χ4n) is 1.58. The second-order valence-corrected chi connectivity index (χ2v) is 4.59. The number of likely N-dealkylation sites (N-methyl/N-ethyl adjacent to an activating group) is 1. The summed E-state index contributed by atoms with van der Waals surface area (Å²) in [6.45, 7) is 6.35. The molecule has 0 aliphatic carbocycles. The van der Waals surface area contributed by atoms with E-state index in [0.717, 1.165) is 12.8 Å². The minimum atomic E-state index is -0.450. The van der Waals surface area contributed by atoms with E-state index >= 15 is 0 Å². The van der Waals surface area contributed by atoms with Gasteiger partial charge < -0.3 is 10.4 Å². The minimum Gasteiger partial charge on any atom is -0.391 e. The maximum atomic E-state index is 11.8. The fourth-order valence-corrected chi connectivity index (χ4v) is 1.58. The molecule has 3 atom stereocenters. The molecule has 3 unspecified atom stereocenters. The Bertz CT molecular complexity index is 207. The number of carbonyl (C=O) groups excluding carboxylic acids is 1. The summed E-state index contributed by atoms with van der Waals surface area (Å²) in [5.74, 6) is 0.217. The summed E-state index contributed by atoms with van der Waals surface area (Å²) in [5.41, 5.74) is 0. The summed E-state index contributed by atoms with van der Waals surface area (Å²) >= 11 is 0. The van der Waals surface area contributed by atoms with Crippen molar-refractivity contribution in [2.24, 2.45) is 5.92 Å². The number of aliphatic hydroxyl groups excluding tert-OH is 1. The molecule has 2 N–H and O–H groups in total. The lowest BCUT2D eigenvalue weighted by Crippen LogP contribution is -2.46. The van der Waals surface area contributed by atoms with E-state index < -0.39 is 6.10 Å². The molecular formula is C12H26N2O2. The molecule has 0 radical (unpaired) electrons. The molecule has 0 heterocycles. The van der Waals surface area contributed by atoms with Crippen LogP contribution >= 0.6 is 0 Å². The monoisotopic (exact) mass is 230 g/mol. The lowest BCUT2D eigenvalue weighted by atomic mass is 10.0. The highest BCUT2D eigenvalue weighted by atomic mass is 16.3. The van der Waals surface area contributed by atoms with E-state index in [9.17, 15) is 9.90 Å². The van der Waals surface area contributed by atoms with Crippen LogP contribution < -0.4 is 5.32 Å². The second-order valence-electron chi connectivity index (χ2n) is 4.59. The van der Waals surface area contributed by atoms with Crippen LogP contribution in [-0.2, 0) is 4.79 Å². The van der Waals surface area contributed by atoms with Crippen LogP contribution in [-0.4, -0.2) is 48.7 Å². The Morgan fingerprint density at radius 3 is 2.25 bits per heavy atom. The lowest BCUT2D eigenvalue weighted by molar-refractivity contribution is -0.126. The molecule has 0 aliphatic rings. The molecule has 0 bridgehead atoms. The largest absolute Gasteiger partial charge is 0.391 e. The minimum absolute atomic E-state index is 0.00477. The van der Waals surface area contributed by atoms with Gasteiger partial charge >= 0.3 is 0 Å². The third kappa shape index (κ3) is 4.94. The van der Waals surface area contributed by atoms with Crippen molar-refractivity contribution >= 4 is 5.91 Å². The smallest absolute Gasteiger partial charge is 0.237 e. The zero-order valence-electron chi connectivity index (χ0n) is 11.2. The SMILES string of the molecule is CCC(C)C(O)CNC(=O)C(CC)N(C)C. The van der Waals surface area contributed by atoms with Crippen molar-refractivity contribution in [3.63, 3.8) is 0 Å². The highest BCUT2D eigenvalue weighted by Gasteiger charge is 2.20. The van der Waals surface area contributed by atoms with Gasteiger partial charge in [-0.05, 0) is 26.4 Å². The number of nitrogens with one attached hydrogen (secondary N) is 1. The molecule has 1 amide bonds. The molecule has 0 saturated heterocycles. The molecule has 0 rings (SSSR count). The number of aliphatic hydroxyl groups is 1. The Labute approximate surface area is 99.0 Å². The van der Waals surface area contributed by atoms with E-state index in [4.69, 9.17) is 0 Å². The molecule has 4 heteroatoms. The molecule has 0 aromatic heterocycles. The average Bonchev–Trinajstić information content (AvgIpc) is 2.25. The van der Waals surface area contributed by atoms with Crippen LogP contribution in [0.4, 0.5) is 0 Å².